The molecule has 0 saturated carbocycles. The number of Topliss-reactive ketones (excluding diaryl/α,β-unsaturated/α-hetero) is 1. The number of rotatable bonds is 5. The molecule has 4 rings (SSSR count). The van der Waals surface area contributed by atoms with Gasteiger partial charge in [-0.25, -0.2) is 0 Å². The average molecular weight is 466 g/mol. The molecule has 1 unspecified atom stereocenters. The summed E-state index contributed by atoms with van der Waals surface area (Å²) in [6.07, 6.45) is 0. The summed E-state index contributed by atoms with van der Waals surface area (Å²) < 4.78 is 11.2. The van der Waals surface area contributed by atoms with Gasteiger partial charge in [0.1, 0.15) is 29.1 Å². The zero-order valence-electron chi connectivity index (χ0n) is 18.8. The summed E-state index contributed by atoms with van der Waals surface area (Å²) in [6, 6.07) is 14.3. The van der Waals surface area contributed by atoms with E-state index in [1.807, 2.05) is 13.8 Å². The molecule has 1 aliphatic rings. The van der Waals surface area contributed by atoms with Gasteiger partial charge in [0.2, 0.25) is 0 Å². The van der Waals surface area contributed by atoms with Crippen LogP contribution in [0.1, 0.15) is 48.5 Å². The first-order valence-corrected chi connectivity index (χ1v) is 10.9. The van der Waals surface area contributed by atoms with Crippen LogP contribution in [-0.2, 0) is 9.59 Å². The molecule has 1 saturated heterocycles. The standard InChI is InChI=1S/C26H24ClNO5/c1-14(2)19-13-16(6-12-20(19)32-4)24(29)22-23(21-11-5-15(3)33-21)28(26(31)25(22)30)18-9-7-17(27)8-10-18/h5-14,23,29H,1-4H3/b24-22-. The summed E-state index contributed by atoms with van der Waals surface area (Å²) in [6.45, 7) is 5.79. The van der Waals surface area contributed by atoms with Gasteiger partial charge in [0.25, 0.3) is 11.7 Å². The highest BCUT2D eigenvalue weighted by molar-refractivity contribution is 6.51. The Bertz CT molecular complexity index is 1260. The number of ketones is 1. The van der Waals surface area contributed by atoms with Crippen molar-refractivity contribution in [3.63, 3.8) is 0 Å². The molecule has 1 atom stereocenters. The Labute approximate surface area is 197 Å². The maximum absolute atomic E-state index is 13.2. The van der Waals surface area contributed by atoms with Gasteiger partial charge in [-0.05, 0) is 73.0 Å². The number of methoxy groups -OCH3 is 1. The van der Waals surface area contributed by atoms with Crippen LogP contribution in [0.4, 0.5) is 5.69 Å². The largest absolute Gasteiger partial charge is 0.507 e. The Morgan fingerprint density at radius 2 is 1.79 bits per heavy atom. The lowest BCUT2D eigenvalue weighted by Crippen LogP contribution is -2.29. The molecule has 3 aromatic rings. The Morgan fingerprint density at radius 1 is 1.09 bits per heavy atom. The third-order valence-electron chi connectivity index (χ3n) is 5.71. The SMILES string of the molecule is COc1ccc(/C(O)=C2/C(=O)C(=O)N(c3ccc(Cl)cc3)C2c2ccc(C)o2)cc1C(C)C. The predicted molar refractivity (Wildman–Crippen MR) is 127 cm³/mol. The normalized spacial score (nSPS) is 17.8. The van der Waals surface area contributed by atoms with E-state index >= 15 is 0 Å². The second kappa shape index (κ2) is 8.79. The number of furan rings is 1. The van der Waals surface area contributed by atoms with Crippen molar-refractivity contribution in [2.45, 2.75) is 32.7 Å². The number of amides is 1. The quantitative estimate of drug-likeness (QED) is 0.284. The van der Waals surface area contributed by atoms with Crippen molar-refractivity contribution in [2.75, 3.05) is 12.0 Å². The molecule has 6 nitrogen and oxygen atoms in total. The van der Waals surface area contributed by atoms with Crippen molar-refractivity contribution in [2.24, 2.45) is 0 Å². The van der Waals surface area contributed by atoms with Crippen LogP contribution in [0.3, 0.4) is 0 Å². The molecular formula is C26H24ClNO5. The van der Waals surface area contributed by atoms with E-state index in [0.717, 1.165) is 5.56 Å². The summed E-state index contributed by atoms with van der Waals surface area (Å²) in [7, 11) is 1.58. The van der Waals surface area contributed by atoms with E-state index in [1.165, 1.54) is 4.90 Å². The fourth-order valence-corrected chi connectivity index (χ4v) is 4.18. The fraction of sp³-hybridized carbons (Fsp3) is 0.231. The molecular weight excluding hydrogens is 442 g/mol. The number of benzene rings is 2. The third-order valence-corrected chi connectivity index (χ3v) is 5.96. The lowest BCUT2D eigenvalue weighted by atomic mass is 9.95. The minimum Gasteiger partial charge on any atom is -0.507 e. The number of aliphatic hydroxyl groups is 1. The van der Waals surface area contributed by atoms with Gasteiger partial charge in [-0.1, -0.05) is 25.4 Å². The van der Waals surface area contributed by atoms with Crippen molar-refractivity contribution in [1.82, 2.24) is 0 Å². The lowest BCUT2D eigenvalue weighted by molar-refractivity contribution is -0.132. The number of aliphatic hydroxyl groups excluding tert-OH is 1. The van der Waals surface area contributed by atoms with Crippen LogP contribution in [-0.4, -0.2) is 23.9 Å². The van der Waals surface area contributed by atoms with Crippen LogP contribution in [0.2, 0.25) is 5.02 Å². The fourth-order valence-electron chi connectivity index (χ4n) is 4.06. The smallest absolute Gasteiger partial charge is 0.300 e. The number of halogens is 1. The molecule has 1 aliphatic heterocycles. The maximum Gasteiger partial charge on any atom is 0.300 e. The molecule has 0 radical (unpaired) electrons. The van der Waals surface area contributed by atoms with Gasteiger partial charge in [0.05, 0.1) is 12.7 Å². The topological polar surface area (TPSA) is 80.0 Å². The molecule has 1 amide bonds. The first-order chi connectivity index (χ1) is 15.7. The van der Waals surface area contributed by atoms with Gasteiger partial charge in [0, 0.05) is 16.3 Å². The van der Waals surface area contributed by atoms with E-state index < -0.39 is 17.7 Å². The highest BCUT2D eigenvalue weighted by atomic mass is 35.5. The number of carbonyl (C=O) groups is 2. The highest BCUT2D eigenvalue weighted by Gasteiger charge is 2.48. The first kappa shape index (κ1) is 22.7. The van der Waals surface area contributed by atoms with Crippen LogP contribution < -0.4 is 9.64 Å². The van der Waals surface area contributed by atoms with Crippen molar-refractivity contribution in [3.05, 3.63) is 87.8 Å². The lowest BCUT2D eigenvalue weighted by Gasteiger charge is -2.23. The van der Waals surface area contributed by atoms with E-state index in [2.05, 4.69) is 0 Å². The van der Waals surface area contributed by atoms with E-state index in [-0.39, 0.29) is 17.3 Å². The van der Waals surface area contributed by atoms with E-state index in [9.17, 15) is 14.7 Å². The summed E-state index contributed by atoms with van der Waals surface area (Å²) >= 11 is 6.02. The Kier molecular flexibility index (Phi) is 6.04. The molecule has 170 valence electrons. The molecule has 1 fully saturated rings. The summed E-state index contributed by atoms with van der Waals surface area (Å²) in [5.41, 5.74) is 1.72. The number of ether oxygens (including phenoxy) is 1. The van der Waals surface area contributed by atoms with Crippen LogP contribution in [0, 0.1) is 6.92 Å². The summed E-state index contributed by atoms with van der Waals surface area (Å²) in [4.78, 5) is 27.7. The van der Waals surface area contributed by atoms with Crippen LogP contribution in [0.5, 0.6) is 5.75 Å². The van der Waals surface area contributed by atoms with E-state index in [0.29, 0.717) is 33.5 Å². The highest BCUT2D eigenvalue weighted by Crippen LogP contribution is 2.43. The van der Waals surface area contributed by atoms with Crippen molar-refractivity contribution >= 4 is 34.7 Å². The average Bonchev–Trinajstić information content (AvgIpc) is 3.34. The van der Waals surface area contributed by atoms with Crippen LogP contribution in [0.15, 0.2) is 64.6 Å². The summed E-state index contributed by atoms with van der Waals surface area (Å²) in [5, 5.41) is 11.8. The minimum atomic E-state index is -0.926. The van der Waals surface area contributed by atoms with Crippen LogP contribution in [0.25, 0.3) is 5.76 Å². The van der Waals surface area contributed by atoms with Crippen LogP contribution >= 0.6 is 11.6 Å². The molecule has 0 spiro atoms. The molecule has 1 aromatic heterocycles. The van der Waals surface area contributed by atoms with E-state index in [1.54, 1.807) is 68.6 Å². The van der Waals surface area contributed by atoms with Gasteiger partial charge in [-0.3, -0.25) is 14.5 Å². The van der Waals surface area contributed by atoms with Gasteiger partial charge in [-0.2, -0.15) is 0 Å². The second-order valence-corrected chi connectivity index (χ2v) is 8.64. The zero-order valence-corrected chi connectivity index (χ0v) is 19.5. The number of hydrogen-bond donors (Lipinski definition) is 1. The zero-order chi connectivity index (χ0) is 23.9. The molecule has 2 aromatic carbocycles. The molecule has 7 heteroatoms. The monoisotopic (exact) mass is 465 g/mol. The molecule has 2 heterocycles. The summed E-state index contributed by atoms with van der Waals surface area (Å²) in [5.74, 6) is -0.0135. The molecule has 0 aliphatic carbocycles. The Morgan fingerprint density at radius 3 is 2.36 bits per heavy atom. The first-order valence-electron chi connectivity index (χ1n) is 10.5. The second-order valence-electron chi connectivity index (χ2n) is 8.21. The van der Waals surface area contributed by atoms with Crippen molar-refractivity contribution in [3.8, 4) is 5.75 Å². The number of hydrogen-bond acceptors (Lipinski definition) is 5. The third kappa shape index (κ3) is 4.02. The van der Waals surface area contributed by atoms with Crippen molar-refractivity contribution in [1.29, 1.82) is 0 Å². The Balaban J connectivity index is 1.93. The molecule has 33 heavy (non-hydrogen) atoms. The van der Waals surface area contributed by atoms with Gasteiger partial charge >= 0.3 is 0 Å². The van der Waals surface area contributed by atoms with Gasteiger partial charge in [-0.15, -0.1) is 0 Å². The van der Waals surface area contributed by atoms with Gasteiger partial charge in [0.15, 0.2) is 0 Å². The number of aryl methyl sites for hydroxylation is 1. The van der Waals surface area contributed by atoms with Crippen molar-refractivity contribution < 1.29 is 23.8 Å². The number of nitrogens with zero attached hydrogens (tertiary/aromatic N) is 1. The number of anilines is 1. The maximum atomic E-state index is 13.2. The molecule has 0 bridgehead atoms. The van der Waals surface area contributed by atoms with E-state index in [4.69, 9.17) is 20.8 Å². The minimum absolute atomic E-state index is 0.0378. The predicted octanol–water partition coefficient (Wildman–Crippen LogP) is 6.00. The van der Waals surface area contributed by atoms with Gasteiger partial charge < -0.3 is 14.3 Å². The Hall–Kier alpha value is -3.51. The number of carbonyl (C=O) groups excluding carboxylic acids is 2. The molecule has 1 N–H and O–H groups in total.